The average molecular weight is 420 g/mol. The van der Waals surface area contributed by atoms with E-state index in [1.807, 2.05) is 29.2 Å². The summed E-state index contributed by atoms with van der Waals surface area (Å²) >= 11 is 7.86. The number of benzene rings is 2. The van der Waals surface area contributed by atoms with Gasteiger partial charge in [0.15, 0.2) is 11.5 Å². The molecule has 1 saturated heterocycles. The summed E-state index contributed by atoms with van der Waals surface area (Å²) in [6.45, 7) is 0.651. The molecule has 5 nitrogen and oxygen atoms in total. The van der Waals surface area contributed by atoms with Crippen LogP contribution in [0, 0.1) is 0 Å². The third-order valence-electron chi connectivity index (χ3n) is 4.49. The summed E-state index contributed by atoms with van der Waals surface area (Å²) in [5.41, 5.74) is 1.69. The standard InChI is InChI=1S/C21H22ClNO4S/c1-25-17-13-19(27-3)18(26-2)12-15(17)21-23(10-11-28-21)20(24)9-8-14-6-4-5-7-16(14)22/h4-9,12-13,21H,10-11H2,1-3H3/b9-8+. The predicted molar refractivity (Wildman–Crippen MR) is 113 cm³/mol. The van der Waals surface area contributed by atoms with Crippen molar-refractivity contribution in [2.24, 2.45) is 0 Å². The van der Waals surface area contributed by atoms with Crippen molar-refractivity contribution >= 4 is 35.3 Å². The molecule has 0 N–H and O–H groups in total. The van der Waals surface area contributed by atoms with Crippen molar-refractivity contribution in [3.05, 3.63) is 58.6 Å². The van der Waals surface area contributed by atoms with Gasteiger partial charge >= 0.3 is 0 Å². The Bertz CT molecular complexity index is 887. The molecular weight excluding hydrogens is 398 g/mol. The first-order valence-electron chi connectivity index (χ1n) is 8.73. The van der Waals surface area contributed by atoms with E-state index in [0.29, 0.717) is 28.8 Å². The van der Waals surface area contributed by atoms with Crippen LogP contribution >= 0.6 is 23.4 Å². The molecule has 1 atom stereocenters. The van der Waals surface area contributed by atoms with Gasteiger partial charge in [0, 0.05) is 35.0 Å². The summed E-state index contributed by atoms with van der Waals surface area (Å²) in [6, 6.07) is 11.1. The molecule has 1 unspecified atom stereocenters. The summed E-state index contributed by atoms with van der Waals surface area (Å²) in [4.78, 5) is 14.7. The minimum absolute atomic E-state index is 0.0771. The molecule has 2 aromatic carbocycles. The van der Waals surface area contributed by atoms with Gasteiger partial charge in [0.1, 0.15) is 11.1 Å². The Morgan fingerprint density at radius 1 is 1.11 bits per heavy atom. The van der Waals surface area contributed by atoms with Gasteiger partial charge in [-0.1, -0.05) is 29.8 Å². The fourth-order valence-corrected chi connectivity index (χ4v) is 4.54. The molecule has 1 amide bonds. The SMILES string of the molecule is COc1cc(OC)c(C2SCCN2C(=O)/C=C/c2ccccc2Cl)cc1OC. The van der Waals surface area contributed by atoms with Gasteiger partial charge < -0.3 is 19.1 Å². The van der Waals surface area contributed by atoms with E-state index in [0.717, 1.165) is 16.9 Å². The minimum Gasteiger partial charge on any atom is -0.496 e. The van der Waals surface area contributed by atoms with Gasteiger partial charge in [0.2, 0.25) is 5.91 Å². The number of carbonyl (C=O) groups is 1. The fraction of sp³-hybridized carbons (Fsp3) is 0.286. The van der Waals surface area contributed by atoms with E-state index in [1.54, 1.807) is 57.4 Å². The van der Waals surface area contributed by atoms with Crippen molar-refractivity contribution in [3.63, 3.8) is 0 Å². The minimum atomic E-state index is -0.168. The highest BCUT2D eigenvalue weighted by atomic mass is 35.5. The number of carbonyl (C=O) groups excluding carboxylic acids is 1. The maximum absolute atomic E-state index is 12.9. The van der Waals surface area contributed by atoms with E-state index in [4.69, 9.17) is 25.8 Å². The van der Waals surface area contributed by atoms with Crippen LogP contribution in [0.4, 0.5) is 0 Å². The van der Waals surface area contributed by atoms with Gasteiger partial charge in [-0.05, 0) is 23.8 Å². The van der Waals surface area contributed by atoms with Crippen molar-refractivity contribution < 1.29 is 19.0 Å². The highest BCUT2D eigenvalue weighted by molar-refractivity contribution is 7.99. The molecule has 1 fully saturated rings. The quantitative estimate of drug-likeness (QED) is 0.637. The Balaban J connectivity index is 1.88. The van der Waals surface area contributed by atoms with Gasteiger partial charge in [0.05, 0.1) is 21.3 Å². The smallest absolute Gasteiger partial charge is 0.247 e. The molecule has 0 saturated carbocycles. The second-order valence-electron chi connectivity index (χ2n) is 6.06. The maximum Gasteiger partial charge on any atom is 0.247 e. The molecule has 0 bridgehead atoms. The Hall–Kier alpha value is -2.31. The Morgan fingerprint density at radius 2 is 1.79 bits per heavy atom. The summed E-state index contributed by atoms with van der Waals surface area (Å²) in [5, 5.41) is 0.443. The third kappa shape index (κ3) is 4.23. The molecule has 0 spiro atoms. The summed E-state index contributed by atoms with van der Waals surface area (Å²) in [6.07, 6.45) is 3.31. The first-order chi connectivity index (χ1) is 13.6. The van der Waals surface area contributed by atoms with Crippen molar-refractivity contribution in [2.75, 3.05) is 33.6 Å². The third-order valence-corrected chi connectivity index (χ3v) is 6.07. The first-order valence-corrected chi connectivity index (χ1v) is 10.2. The molecule has 2 aromatic rings. The molecule has 7 heteroatoms. The van der Waals surface area contributed by atoms with Crippen LogP contribution in [0.25, 0.3) is 6.08 Å². The van der Waals surface area contributed by atoms with E-state index < -0.39 is 0 Å². The highest BCUT2D eigenvalue weighted by Gasteiger charge is 2.32. The largest absolute Gasteiger partial charge is 0.496 e. The monoisotopic (exact) mass is 419 g/mol. The van der Waals surface area contributed by atoms with Crippen LogP contribution in [0.5, 0.6) is 17.2 Å². The zero-order valence-electron chi connectivity index (χ0n) is 16.0. The van der Waals surface area contributed by atoms with Crippen LogP contribution in [0.2, 0.25) is 5.02 Å². The highest BCUT2D eigenvalue weighted by Crippen LogP contribution is 2.46. The van der Waals surface area contributed by atoms with Crippen LogP contribution in [-0.2, 0) is 4.79 Å². The number of methoxy groups -OCH3 is 3. The molecule has 0 radical (unpaired) electrons. The fourth-order valence-electron chi connectivity index (χ4n) is 3.07. The van der Waals surface area contributed by atoms with Crippen molar-refractivity contribution in [1.82, 2.24) is 4.90 Å². The average Bonchev–Trinajstić information content (AvgIpc) is 3.21. The maximum atomic E-state index is 12.9. The molecule has 1 heterocycles. The van der Waals surface area contributed by atoms with E-state index in [-0.39, 0.29) is 11.3 Å². The lowest BCUT2D eigenvalue weighted by Gasteiger charge is -2.25. The molecule has 28 heavy (non-hydrogen) atoms. The number of amides is 1. The number of thioether (sulfide) groups is 1. The number of ether oxygens (including phenoxy) is 3. The van der Waals surface area contributed by atoms with Crippen molar-refractivity contribution in [1.29, 1.82) is 0 Å². The zero-order valence-corrected chi connectivity index (χ0v) is 17.5. The number of rotatable bonds is 6. The van der Waals surface area contributed by atoms with Crippen molar-refractivity contribution in [2.45, 2.75) is 5.37 Å². The van der Waals surface area contributed by atoms with Crippen LogP contribution in [-0.4, -0.2) is 44.4 Å². The molecule has 3 rings (SSSR count). The summed E-state index contributed by atoms with van der Waals surface area (Å²) in [7, 11) is 4.77. The summed E-state index contributed by atoms with van der Waals surface area (Å²) < 4.78 is 16.3. The molecule has 148 valence electrons. The van der Waals surface area contributed by atoms with E-state index in [9.17, 15) is 4.79 Å². The van der Waals surface area contributed by atoms with Crippen LogP contribution in [0.3, 0.4) is 0 Å². The van der Waals surface area contributed by atoms with Crippen molar-refractivity contribution in [3.8, 4) is 17.2 Å². The van der Waals surface area contributed by atoms with E-state index >= 15 is 0 Å². The zero-order chi connectivity index (χ0) is 20.1. The van der Waals surface area contributed by atoms with Crippen LogP contribution in [0.15, 0.2) is 42.5 Å². The van der Waals surface area contributed by atoms with Crippen LogP contribution < -0.4 is 14.2 Å². The van der Waals surface area contributed by atoms with E-state index in [1.165, 1.54) is 0 Å². The second kappa shape index (κ2) is 9.26. The lowest BCUT2D eigenvalue weighted by molar-refractivity contribution is -0.126. The number of halogens is 1. The Kier molecular flexibility index (Phi) is 6.75. The second-order valence-corrected chi connectivity index (χ2v) is 7.65. The Morgan fingerprint density at radius 3 is 2.46 bits per heavy atom. The lowest BCUT2D eigenvalue weighted by atomic mass is 10.1. The molecule has 1 aliphatic heterocycles. The number of hydrogen-bond donors (Lipinski definition) is 0. The lowest BCUT2D eigenvalue weighted by Crippen LogP contribution is -2.29. The number of hydrogen-bond acceptors (Lipinski definition) is 5. The molecule has 0 aliphatic carbocycles. The Labute approximate surface area is 174 Å². The van der Waals surface area contributed by atoms with Gasteiger partial charge in [0.25, 0.3) is 0 Å². The first kappa shape index (κ1) is 20.4. The molecular formula is C21H22ClNO4S. The van der Waals surface area contributed by atoms with E-state index in [2.05, 4.69) is 0 Å². The van der Waals surface area contributed by atoms with Gasteiger partial charge in [-0.15, -0.1) is 11.8 Å². The predicted octanol–water partition coefficient (Wildman–Crippen LogP) is 4.65. The van der Waals surface area contributed by atoms with Crippen LogP contribution in [0.1, 0.15) is 16.5 Å². The molecule has 1 aliphatic rings. The number of nitrogens with zero attached hydrogens (tertiary/aromatic N) is 1. The van der Waals surface area contributed by atoms with Gasteiger partial charge in [-0.2, -0.15) is 0 Å². The normalized spacial score (nSPS) is 16.4. The summed E-state index contributed by atoms with van der Waals surface area (Å²) in [5.74, 6) is 2.61. The van der Waals surface area contributed by atoms with Gasteiger partial charge in [-0.25, -0.2) is 0 Å². The molecule has 0 aromatic heterocycles. The van der Waals surface area contributed by atoms with Gasteiger partial charge in [-0.3, -0.25) is 4.79 Å². The topological polar surface area (TPSA) is 48.0 Å².